The lowest BCUT2D eigenvalue weighted by atomic mass is 9.70. The summed E-state index contributed by atoms with van der Waals surface area (Å²) in [5.41, 5.74) is -0.342. The third-order valence-corrected chi connectivity index (χ3v) is 3.39. The molecular weight excluding hydrogens is 242 g/mol. The minimum absolute atomic E-state index is 0.138. The molecule has 1 saturated carbocycles. The summed E-state index contributed by atoms with van der Waals surface area (Å²) in [4.78, 5) is 28.5. The fraction of sp³-hybridized carbons (Fsp3) is 0.733. The molecule has 0 aliphatic heterocycles. The van der Waals surface area contributed by atoms with Crippen LogP contribution in [-0.2, 0) is 14.4 Å². The molecule has 2 atom stereocenters. The van der Waals surface area contributed by atoms with Gasteiger partial charge in [-0.05, 0) is 46.0 Å². The first-order chi connectivity index (χ1) is 8.68. The van der Waals surface area contributed by atoms with Crippen LogP contribution in [0.2, 0.25) is 0 Å². The topological polar surface area (TPSA) is 63.2 Å². The lowest BCUT2D eigenvalue weighted by molar-refractivity contribution is -0.191. The molecule has 0 bridgehead atoms. The molecule has 1 aliphatic carbocycles. The van der Waals surface area contributed by atoms with Crippen molar-refractivity contribution in [3.8, 4) is 0 Å². The van der Waals surface area contributed by atoms with Gasteiger partial charge in [-0.15, -0.1) is 6.58 Å². The third kappa shape index (κ3) is 6.35. The van der Waals surface area contributed by atoms with E-state index in [-0.39, 0.29) is 23.0 Å². The Morgan fingerprint density at radius 2 is 1.95 bits per heavy atom. The fourth-order valence-corrected chi connectivity index (χ4v) is 2.44. The van der Waals surface area contributed by atoms with E-state index in [0.29, 0.717) is 5.92 Å². The number of rotatable bonds is 2. The van der Waals surface area contributed by atoms with Crippen molar-refractivity contribution < 1.29 is 14.4 Å². The number of hydrogen-bond donors (Lipinski definition) is 1. The SMILES string of the molecule is C=C[C@@H]1CCC[C@@](C)(C(=O)NC(C)(C)C)C1.O=C=O. The average molecular weight is 267 g/mol. The molecule has 1 aliphatic rings. The molecule has 4 nitrogen and oxygen atoms in total. The third-order valence-electron chi connectivity index (χ3n) is 3.39. The van der Waals surface area contributed by atoms with E-state index in [1.165, 1.54) is 6.42 Å². The molecule has 1 fully saturated rings. The second kappa shape index (κ2) is 7.25. The van der Waals surface area contributed by atoms with Crippen LogP contribution >= 0.6 is 0 Å². The molecule has 0 aromatic carbocycles. The van der Waals surface area contributed by atoms with E-state index in [1.54, 1.807) is 0 Å². The Bertz CT molecular complexity index is 351. The summed E-state index contributed by atoms with van der Waals surface area (Å²) < 4.78 is 0. The Kier molecular flexibility index (Phi) is 6.71. The van der Waals surface area contributed by atoms with Crippen molar-refractivity contribution >= 4 is 12.1 Å². The van der Waals surface area contributed by atoms with Gasteiger partial charge in [0.15, 0.2) is 0 Å². The number of hydrogen-bond acceptors (Lipinski definition) is 3. The van der Waals surface area contributed by atoms with Crippen LogP contribution < -0.4 is 5.32 Å². The summed E-state index contributed by atoms with van der Waals surface area (Å²) in [6, 6.07) is 0. The van der Waals surface area contributed by atoms with Crippen LogP contribution in [0.4, 0.5) is 0 Å². The molecule has 0 heterocycles. The Hall–Kier alpha value is -1.41. The predicted octanol–water partition coefficient (Wildman–Crippen LogP) is 2.70. The summed E-state index contributed by atoms with van der Waals surface area (Å²) in [7, 11) is 0. The van der Waals surface area contributed by atoms with E-state index < -0.39 is 0 Å². The van der Waals surface area contributed by atoms with Gasteiger partial charge >= 0.3 is 6.15 Å². The Morgan fingerprint density at radius 1 is 1.42 bits per heavy atom. The van der Waals surface area contributed by atoms with Crippen molar-refractivity contribution in [1.82, 2.24) is 5.32 Å². The lowest BCUT2D eigenvalue weighted by Crippen LogP contribution is -2.49. The van der Waals surface area contributed by atoms with Crippen LogP contribution in [0.25, 0.3) is 0 Å². The van der Waals surface area contributed by atoms with Gasteiger partial charge in [-0.25, -0.2) is 0 Å². The van der Waals surface area contributed by atoms with E-state index in [4.69, 9.17) is 9.59 Å². The Labute approximate surface area is 115 Å². The van der Waals surface area contributed by atoms with Crippen LogP contribution in [0.5, 0.6) is 0 Å². The van der Waals surface area contributed by atoms with Crippen molar-refractivity contribution in [2.45, 2.75) is 58.9 Å². The summed E-state index contributed by atoms with van der Waals surface area (Å²) in [5, 5.41) is 3.10. The molecule has 1 amide bonds. The first-order valence-electron chi connectivity index (χ1n) is 6.63. The van der Waals surface area contributed by atoms with Crippen LogP contribution in [-0.4, -0.2) is 17.6 Å². The highest BCUT2D eigenvalue weighted by molar-refractivity contribution is 5.83. The molecule has 0 radical (unpaired) electrons. The van der Waals surface area contributed by atoms with Crippen molar-refractivity contribution in [1.29, 1.82) is 0 Å². The maximum absolute atomic E-state index is 12.3. The normalized spacial score (nSPS) is 26.4. The Morgan fingerprint density at radius 3 is 2.37 bits per heavy atom. The Balaban J connectivity index is 0.000000982. The molecule has 1 rings (SSSR count). The van der Waals surface area contributed by atoms with Gasteiger partial charge in [-0.2, -0.15) is 9.59 Å². The fourth-order valence-electron chi connectivity index (χ4n) is 2.44. The zero-order valence-corrected chi connectivity index (χ0v) is 12.4. The van der Waals surface area contributed by atoms with Gasteiger partial charge in [0.2, 0.25) is 5.91 Å². The molecule has 0 saturated heterocycles. The molecule has 0 aromatic heterocycles. The summed E-state index contributed by atoms with van der Waals surface area (Å²) in [5.74, 6) is 0.705. The first-order valence-corrected chi connectivity index (χ1v) is 6.63. The number of carbonyl (C=O) groups is 1. The van der Waals surface area contributed by atoms with E-state index in [1.807, 2.05) is 26.8 Å². The van der Waals surface area contributed by atoms with Gasteiger partial charge in [0.05, 0.1) is 0 Å². The molecule has 108 valence electrons. The second-order valence-corrected chi connectivity index (χ2v) is 6.44. The minimum atomic E-state index is -0.204. The van der Waals surface area contributed by atoms with Crippen LogP contribution in [0.3, 0.4) is 0 Å². The maximum Gasteiger partial charge on any atom is 0.373 e. The monoisotopic (exact) mass is 267 g/mol. The van der Waals surface area contributed by atoms with Crippen LogP contribution in [0, 0.1) is 11.3 Å². The van der Waals surface area contributed by atoms with Gasteiger partial charge in [0.1, 0.15) is 0 Å². The molecule has 0 aromatic rings. The highest BCUT2D eigenvalue weighted by atomic mass is 16.2. The highest BCUT2D eigenvalue weighted by Gasteiger charge is 2.38. The van der Waals surface area contributed by atoms with Crippen molar-refractivity contribution in [2.75, 3.05) is 0 Å². The van der Waals surface area contributed by atoms with Gasteiger partial charge < -0.3 is 5.32 Å². The zero-order chi connectivity index (χ0) is 15.1. The molecular formula is C15H25NO3. The zero-order valence-electron chi connectivity index (χ0n) is 12.4. The average Bonchev–Trinajstić information content (AvgIpc) is 2.28. The highest BCUT2D eigenvalue weighted by Crippen LogP contribution is 2.40. The largest absolute Gasteiger partial charge is 0.373 e. The van der Waals surface area contributed by atoms with Gasteiger partial charge in [0, 0.05) is 11.0 Å². The van der Waals surface area contributed by atoms with Crippen molar-refractivity contribution in [3.63, 3.8) is 0 Å². The second-order valence-electron chi connectivity index (χ2n) is 6.44. The molecule has 0 spiro atoms. The van der Waals surface area contributed by atoms with Crippen LogP contribution in [0.15, 0.2) is 12.7 Å². The van der Waals surface area contributed by atoms with Gasteiger partial charge in [-0.1, -0.05) is 19.4 Å². The van der Waals surface area contributed by atoms with E-state index >= 15 is 0 Å². The summed E-state index contributed by atoms with van der Waals surface area (Å²) in [6.07, 6.45) is 6.51. The lowest BCUT2D eigenvalue weighted by Gasteiger charge is -2.38. The van der Waals surface area contributed by atoms with Gasteiger partial charge in [0.25, 0.3) is 0 Å². The van der Waals surface area contributed by atoms with Crippen LogP contribution in [0.1, 0.15) is 53.4 Å². The first kappa shape index (κ1) is 17.6. The molecule has 19 heavy (non-hydrogen) atoms. The molecule has 1 N–H and O–H groups in total. The number of carbonyl (C=O) groups excluding carboxylic acids is 3. The predicted molar refractivity (Wildman–Crippen MR) is 73.2 cm³/mol. The smallest absolute Gasteiger partial charge is 0.351 e. The maximum atomic E-state index is 12.3. The minimum Gasteiger partial charge on any atom is -0.351 e. The number of nitrogens with one attached hydrogen (secondary N) is 1. The van der Waals surface area contributed by atoms with Gasteiger partial charge in [-0.3, -0.25) is 4.79 Å². The quantitative estimate of drug-likeness (QED) is 0.782. The van der Waals surface area contributed by atoms with Crippen molar-refractivity contribution in [3.05, 3.63) is 12.7 Å². The van der Waals surface area contributed by atoms with E-state index in [2.05, 4.69) is 18.8 Å². The number of allylic oxidation sites excluding steroid dienone is 1. The number of amides is 1. The molecule has 0 unspecified atom stereocenters. The van der Waals surface area contributed by atoms with E-state index in [0.717, 1.165) is 19.3 Å². The standard InChI is InChI=1S/C14H25NO.CO2/c1-6-11-8-7-9-14(5,10-11)12(16)15-13(2,3)4;2-1-3/h6,11H,1,7-10H2,2-5H3,(H,15,16);/t11-,14-;/m1./s1. The molecule has 4 heteroatoms. The van der Waals surface area contributed by atoms with E-state index in [9.17, 15) is 4.79 Å². The summed E-state index contributed by atoms with van der Waals surface area (Å²) in [6.45, 7) is 12.0. The summed E-state index contributed by atoms with van der Waals surface area (Å²) >= 11 is 0. The van der Waals surface area contributed by atoms with Crippen molar-refractivity contribution in [2.24, 2.45) is 11.3 Å².